The second-order valence-electron chi connectivity index (χ2n) is 5.57. The van der Waals surface area contributed by atoms with Crippen LogP contribution in [0.4, 0.5) is 0 Å². The molecule has 0 aliphatic heterocycles. The number of carbonyl (C=O) groups is 1. The van der Waals surface area contributed by atoms with Crippen molar-refractivity contribution in [2.24, 2.45) is 0 Å². The predicted octanol–water partition coefficient (Wildman–Crippen LogP) is 1.86. The molecular weight excluding hydrogens is 362 g/mol. The van der Waals surface area contributed by atoms with Crippen molar-refractivity contribution in [2.45, 2.75) is 13.0 Å². The maximum atomic E-state index is 12.0. The van der Waals surface area contributed by atoms with E-state index in [0.717, 1.165) is 11.8 Å². The minimum atomic E-state index is -3.40. The third-order valence-electron chi connectivity index (χ3n) is 3.49. The number of carbonyl (C=O) groups excluding carboxylic acids is 1. The number of hydrogen-bond acceptors (Lipinski definition) is 4. The average Bonchev–Trinajstić information content (AvgIpc) is 2.56. The zero-order chi connectivity index (χ0) is 18.3. The van der Waals surface area contributed by atoms with Gasteiger partial charge >= 0.3 is 0 Å². The molecule has 1 aromatic carbocycles. The lowest BCUT2D eigenvalue weighted by Crippen LogP contribution is -2.38. The molecule has 1 heterocycles. The highest BCUT2D eigenvalue weighted by Crippen LogP contribution is 2.10. The standard InChI is InChI=1S/C17H20ClN3O3S/c1-25(23,24)21(13-16-4-2-3-9-19-16)11-10-20-17(22)12-14-5-7-15(18)8-6-14/h2-9H,10-13H2,1H3,(H,20,22). The maximum absolute atomic E-state index is 12.0. The summed E-state index contributed by atoms with van der Waals surface area (Å²) in [6, 6.07) is 12.3. The van der Waals surface area contributed by atoms with Gasteiger partial charge in [0.2, 0.25) is 15.9 Å². The van der Waals surface area contributed by atoms with E-state index >= 15 is 0 Å². The van der Waals surface area contributed by atoms with Crippen molar-refractivity contribution >= 4 is 27.5 Å². The average molecular weight is 382 g/mol. The zero-order valence-corrected chi connectivity index (χ0v) is 15.4. The van der Waals surface area contributed by atoms with Crippen molar-refractivity contribution in [3.63, 3.8) is 0 Å². The lowest BCUT2D eigenvalue weighted by molar-refractivity contribution is -0.120. The van der Waals surface area contributed by atoms with E-state index in [2.05, 4.69) is 10.3 Å². The van der Waals surface area contributed by atoms with Gasteiger partial charge in [-0.2, -0.15) is 4.31 Å². The molecule has 0 radical (unpaired) electrons. The monoisotopic (exact) mass is 381 g/mol. The molecule has 134 valence electrons. The van der Waals surface area contributed by atoms with Crippen molar-refractivity contribution in [1.82, 2.24) is 14.6 Å². The zero-order valence-electron chi connectivity index (χ0n) is 13.9. The van der Waals surface area contributed by atoms with E-state index < -0.39 is 10.0 Å². The van der Waals surface area contributed by atoms with Crippen LogP contribution in [-0.2, 0) is 27.8 Å². The Balaban J connectivity index is 1.86. The Bertz CT molecular complexity index is 796. The Morgan fingerprint density at radius 3 is 2.52 bits per heavy atom. The third-order valence-corrected chi connectivity index (χ3v) is 5.00. The van der Waals surface area contributed by atoms with Crippen LogP contribution >= 0.6 is 11.6 Å². The summed E-state index contributed by atoms with van der Waals surface area (Å²) >= 11 is 5.81. The van der Waals surface area contributed by atoms with Crippen molar-refractivity contribution in [1.29, 1.82) is 0 Å². The number of nitrogens with zero attached hydrogens (tertiary/aromatic N) is 2. The number of pyridine rings is 1. The van der Waals surface area contributed by atoms with Crippen LogP contribution in [0.25, 0.3) is 0 Å². The van der Waals surface area contributed by atoms with Gasteiger partial charge in [-0.1, -0.05) is 29.8 Å². The van der Waals surface area contributed by atoms with Crippen LogP contribution < -0.4 is 5.32 Å². The molecule has 0 aliphatic carbocycles. The smallest absolute Gasteiger partial charge is 0.224 e. The van der Waals surface area contributed by atoms with E-state index in [1.165, 1.54) is 4.31 Å². The van der Waals surface area contributed by atoms with Gasteiger partial charge in [-0.25, -0.2) is 8.42 Å². The summed E-state index contributed by atoms with van der Waals surface area (Å²) in [6.45, 7) is 0.584. The van der Waals surface area contributed by atoms with Crippen LogP contribution in [-0.4, -0.2) is 43.0 Å². The molecule has 2 rings (SSSR count). The summed E-state index contributed by atoms with van der Waals surface area (Å²) in [5.41, 5.74) is 1.50. The lowest BCUT2D eigenvalue weighted by atomic mass is 10.1. The van der Waals surface area contributed by atoms with Crippen molar-refractivity contribution in [3.05, 3.63) is 64.9 Å². The Morgan fingerprint density at radius 2 is 1.92 bits per heavy atom. The number of rotatable bonds is 8. The number of sulfonamides is 1. The number of halogens is 1. The summed E-state index contributed by atoms with van der Waals surface area (Å²) in [5, 5.41) is 3.35. The fourth-order valence-electron chi connectivity index (χ4n) is 2.20. The summed E-state index contributed by atoms with van der Waals surface area (Å²) < 4.78 is 25.1. The van der Waals surface area contributed by atoms with Crippen LogP contribution in [0.3, 0.4) is 0 Å². The number of benzene rings is 1. The maximum Gasteiger partial charge on any atom is 0.224 e. The van der Waals surface area contributed by atoms with Gasteiger partial charge in [-0.3, -0.25) is 9.78 Å². The molecule has 1 amide bonds. The first-order chi connectivity index (χ1) is 11.8. The molecule has 8 heteroatoms. The van der Waals surface area contributed by atoms with Crippen LogP contribution in [0, 0.1) is 0 Å². The third kappa shape index (κ3) is 6.81. The first-order valence-corrected chi connectivity index (χ1v) is 9.93. The molecule has 1 N–H and O–H groups in total. The molecule has 1 aromatic heterocycles. The molecule has 6 nitrogen and oxygen atoms in total. The second kappa shape index (κ2) is 8.94. The number of amides is 1. The Kier molecular flexibility index (Phi) is 6.92. The molecule has 0 aliphatic rings. The summed E-state index contributed by atoms with van der Waals surface area (Å²) in [4.78, 5) is 16.1. The minimum Gasteiger partial charge on any atom is -0.354 e. The van der Waals surface area contributed by atoms with Crippen LogP contribution in [0.5, 0.6) is 0 Å². The van der Waals surface area contributed by atoms with Gasteiger partial charge in [-0.05, 0) is 29.8 Å². The van der Waals surface area contributed by atoms with Gasteiger partial charge in [0.15, 0.2) is 0 Å². The van der Waals surface area contributed by atoms with Crippen molar-refractivity contribution in [3.8, 4) is 0 Å². The molecule has 0 saturated carbocycles. The molecule has 0 fully saturated rings. The molecular formula is C17H20ClN3O3S. The highest BCUT2D eigenvalue weighted by Gasteiger charge is 2.17. The highest BCUT2D eigenvalue weighted by atomic mass is 35.5. The first kappa shape index (κ1) is 19.4. The molecule has 25 heavy (non-hydrogen) atoms. The summed E-state index contributed by atoms with van der Waals surface area (Å²) in [5.74, 6) is -0.173. The van der Waals surface area contributed by atoms with Crippen molar-refractivity contribution < 1.29 is 13.2 Å². The molecule has 0 saturated heterocycles. The lowest BCUT2D eigenvalue weighted by Gasteiger charge is -2.19. The SMILES string of the molecule is CS(=O)(=O)N(CCNC(=O)Cc1ccc(Cl)cc1)Cc1ccccn1. The molecule has 0 atom stereocenters. The number of aromatic nitrogens is 1. The predicted molar refractivity (Wildman–Crippen MR) is 97.7 cm³/mol. The number of nitrogens with one attached hydrogen (secondary N) is 1. The fraction of sp³-hybridized carbons (Fsp3) is 0.294. The normalized spacial score (nSPS) is 11.5. The second-order valence-corrected chi connectivity index (χ2v) is 7.99. The van der Waals surface area contributed by atoms with Gasteiger partial charge < -0.3 is 5.32 Å². The van der Waals surface area contributed by atoms with Gasteiger partial charge in [-0.15, -0.1) is 0 Å². The van der Waals surface area contributed by atoms with E-state index in [-0.39, 0.29) is 32.0 Å². The molecule has 0 spiro atoms. The Labute approximate surface area is 152 Å². The van der Waals surface area contributed by atoms with Crippen molar-refractivity contribution in [2.75, 3.05) is 19.3 Å². The quantitative estimate of drug-likeness (QED) is 0.756. The van der Waals surface area contributed by atoms with Gasteiger partial charge in [0.05, 0.1) is 24.9 Å². The van der Waals surface area contributed by atoms with Gasteiger partial charge in [0.25, 0.3) is 0 Å². The molecule has 0 bridgehead atoms. The van der Waals surface area contributed by atoms with E-state index in [4.69, 9.17) is 11.6 Å². The molecule has 2 aromatic rings. The van der Waals surface area contributed by atoms with Crippen LogP contribution in [0.2, 0.25) is 5.02 Å². The highest BCUT2D eigenvalue weighted by molar-refractivity contribution is 7.88. The largest absolute Gasteiger partial charge is 0.354 e. The molecule has 0 unspecified atom stereocenters. The topological polar surface area (TPSA) is 79.4 Å². The van der Waals surface area contributed by atoms with Gasteiger partial charge in [0, 0.05) is 24.3 Å². The van der Waals surface area contributed by atoms with Gasteiger partial charge in [0.1, 0.15) is 0 Å². The minimum absolute atomic E-state index is 0.173. The van der Waals surface area contributed by atoms with E-state index in [9.17, 15) is 13.2 Å². The number of hydrogen-bond donors (Lipinski definition) is 1. The summed E-state index contributed by atoms with van der Waals surface area (Å²) in [7, 11) is -3.40. The Hall–Kier alpha value is -1.96. The summed E-state index contributed by atoms with van der Waals surface area (Å²) in [6.07, 6.45) is 2.98. The van der Waals surface area contributed by atoms with E-state index in [1.807, 2.05) is 0 Å². The van der Waals surface area contributed by atoms with Crippen LogP contribution in [0.15, 0.2) is 48.7 Å². The van der Waals surface area contributed by atoms with Crippen LogP contribution in [0.1, 0.15) is 11.3 Å². The van der Waals surface area contributed by atoms with E-state index in [0.29, 0.717) is 10.7 Å². The fourth-order valence-corrected chi connectivity index (χ4v) is 3.12. The first-order valence-electron chi connectivity index (χ1n) is 7.71. The van der Waals surface area contributed by atoms with E-state index in [1.54, 1.807) is 48.7 Å². The Morgan fingerprint density at radius 1 is 1.20 bits per heavy atom.